The molecule has 0 aromatic rings. The van der Waals surface area contributed by atoms with Crippen LogP contribution in [-0.2, 0) is 4.74 Å². The Labute approximate surface area is 105 Å². The van der Waals surface area contributed by atoms with E-state index in [-0.39, 0.29) is 0 Å². The Kier molecular flexibility index (Phi) is 2.61. The van der Waals surface area contributed by atoms with Gasteiger partial charge in [0.2, 0.25) is 0 Å². The Balaban J connectivity index is 1.96. The maximum atomic E-state index is 10.2. The summed E-state index contributed by atoms with van der Waals surface area (Å²) < 4.78 is 5.54. The van der Waals surface area contributed by atoms with Crippen LogP contribution in [0.5, 0.6) is 0 Å². The quantitative estimate of drug-likeness (QED) is 0.702. The normalized spacial score (nSPS) is 52.9. The first-order valence-corrected chi connectivity index (χ1v) is 7.25. The molecule has 2 heteroatoms. The third kappa shape index (κ3) is 1.60. The number of hydrogen-bond donors (Lipinski definition) is 1. The standard InChI is InChI=1S/C15H26O2/c1-14(2)7-4-8-15(3)11(14)6-5-10-9-17-13(16)12(10)15/h10-13,16H,4-9H2,1-3H3/t10-,11-,12+,13+,15-/m0/s1. The SMILES string of the molecule is CC1(C)CCC[C@]2(C)[C@@H]3[C@@H](CC[C@@H]12)CO[C@H]3O. The summed E-state index contributed by atoms with van der Waals surface area (Å²) in [4.78, 5) is 0. The molecule has 2 saturated carbocycles. The number of aliphatic hydroxyl groups excluding tert-OH is 1. The molecular formula is C15H26O2. The van der Waals surface area contributed by atoms with Crippen LogP contribution < -0.4 is 0 Å². The van der Waals surface area contributed by atoms with Gasteiger partial charge in [-0.1, -0.05) is 27.2 Å². The molecule has 3 fully saturated rings. The summed E-state index contributed by atoms with van der Waals surface area (Å²) in [5.41, 5.74) is 0.751. The van der Waals surface area contributed by atoms with Gasteiger partial charge in [-0.3, -0.25) is 0 Å². The van der Waals surface area contributed by atoms with E-state index in [9.17, 15) is 5.11 Å². The molecule has 2 aliphatic carbocycles. The second-order valence-corrected chi connectivity index (χ2v) is 7.49. The highest BCUT2D eigenvalue weighted by atomic mass is 16.6. The van der Waals surface area contributed by atoms with E-state index in [1.165, 1.54) is 32.1 Å². The summed E-state index contributed by atoms with van der Waals surface area (Å²) in [7, 11) is 0. The van der Waals surface area contributed by atoms with Gasteiger partial charge in [-0.05, 0) is 48.3 Å². The molecule has 0 bridgehead atoms. The highest BCUT2D eigenvalue weighted by molar-refractivity contribution is 5.05. The molecule has 0 aromatic heterocycles. The first-order valence-electron chi connectivity index (χ1n) is 7.25. The highest BCUT2D eigenvalue weighted by Gasteiger charge is 2.58. The first kappa shape index (κ1) is 12.0. The number of hydrogen-bond acceptors (Lipinski definition) is 2. The summed E-state index contributed by atoms with van der Waals surface area (Å²) in [6.07, 6.45) is 6.04. The van der Waals surface area contributed by atoms with Crippen LogP contribution in [-0.4, -0.2) is 18.0 Å². The van der Waals surface area contributed by atoms with Crippen LogP contribution in [0, 0.1) is 28.6 Å². The van der Waals surface area contributed by atoms with Crippen LogP contribution >= 0.6 is 0 Å². The summed E-state index contributed by atoms with van der Waals surface area (Å²) in [6.45, 7) is 8.07. The van der Waals surface area contributed by atoms with Gasteiger partial charge in [-0.2, -0.15) is 0 Å². The van der Waals surface area contributed by atoms with Gasteiger partial charge in [-0.25, -0.2) is 0 Å². The van der Waals surface area contributed by atoms with Gasteiger partial charge in [0, 0.05) is 5.92 Å². The van der Waals surface area contributed by atoms with E-state index in [0.29, 0.717) is 22.7 Å². The zero-order valence-electron chi connectivity index (χ0n) is 11.4. The van der Waals surface area contributed by atoms with Crippen LogP contribution in [0.15, 0.2) is 0 Å². The Morgan fingerprint density at radius 3 is 2.65 bits per heavy atom. The lowest BCUT2D eigenvalue weighted by molar-refractivity contribution is -0.157. The lowest BCUT2D eigenvalue weighted by Crippen LogP contribution is -2.53. The topological polar surface area (TPSA) is 29.5 Å². The Hall–Kier alpha value is -0.0800. The molecule has 5 atom stereocenters. The van der Waals surface area contributed by atoms with Crippen molar-refractivity contribution >= 4 is 0 Å². The van der Waals surface area contributed by atoms with Crippen molar-refractivity contribution in [3.05, 3.63) is 0 Å². The number of ether oxygens (including phenoxy) is 1. The maximum Gasteiger partial charge on any atom is 0.158 e. The first-order chi connectivity index (χ1) is 7.95. The van der Waals surface area contributed by atoms with Crippen LogP contribution in [0.25, 0.3) is 0 Å². The van der Waals surface area contributed by atoms with Crippen molar-refractivity contribution in [2.75, 3.05) is 6.61 Å². The van der Waals surface area contributed by atoms with Crippen molar-refractivity contribution in [2.45, 2.75) is 59.2 Å². The second kappa shape index (κ2) is 3.71. The molecule has 1 heterocycles. The van der Waals surface area contributed by atoms with E-state index in [1.807, 2.05) is 0 Å². The Morgan fingerprint density at radius 2 is 1.88 bits per heavy atom. The average Bonchev–Trinajstić information content (AvgIpc) is 2.60. The fraction of sp³-hybridized carbons (Fsp3) is 1.00. The minimum Gasteiger partial charge on any atom is -0.368 e. The van der Waals surface area contributed by atoms with E-state index in [0.717, 1.165) is 12.5 Å². The molecule has 2 nitrogen and oxygen atoms in total. The van der Waals surface area contributed by atoms with Crippen molar-refractivity contribution in [2.24, 2.45) is 28.6 Å². The summed E-state index contributed by atoms with van der Waals surface area (Å²) in [5.74, 6) is 1.77. The number of aliphatic hydroxyl groups is 1. The number of fused-ring (bicyclic) bond motifs is 3. The average molecular weight is 238 g/mol. The van der Waals surface area contributed by atoms with Crippen molar-refractivity contribution < 1.29 is 9.84 Å². The van der Waals surface area contributed by atoms with Crippen molar-refractivity contribution in [3.8, 4) is 0 Å². The molecule has 1 aliphatic heterocycles. The van der Waals surface area contributed by atoms with Gasteiger partial charge < -0.3 is 9.84 Å². The minimum atomic E-state index is -0.498. The van der Waals surface area contributed by atoms with E-state index >= 15 is 0 Å². The molecule has 1 N–H and O–H groups in total. The van der Waals surface area contributed by atoms with Gasteiger partial charge in [0.15, 0.2) is 6.29 Å². The van der Waals surface area contributed by atoms with E-state index in [1.54, 1.807) is 0 Å². The molecule has 0 aromatic carbocycles. The zero-order chi connectivity index (χ0) is 12.3. The van der Waals surface area contributed by atoms with Crippen molar-refractivity contribution in [1.82, 2.24) is 0 Å². The fourth-order valence-corrected chi connectivity index (χ4v) is 5.46. The van der Waals surface area contributed by atoms with E-state index in [2.05, 4.69) is 20.8 Å². The predicted octanol–water partition coefficient (Wildman–Crippen LogP) is 3.19. The molecule has 0 radical (unpaired) electrons. The van der Waals surface area contributed by atoms with Crippen LogP contribution in [0.2, 0.25) is 0 Å². The molecule has 0 spiro atoms. The van der Waals surface area contributed by atoms with E-state index < -0.39 is 6.29 Å². The van der Waals surface area contributed by atoms with Gasteiger partial charge in [0.25, 0.3) is 0 Å². The van der Waals surface area contributed by atoms with Crippen LogP contribution in [0.3, 0.4) is 0 Å². The zero-order valence-corrected chi connectivity index (χ0v) is 11.4. The molecule has 3 aliphatic rings. The van der Waals surface area contributed by atoms with Gasteiger partial charge in [-0.15, -0.1) is 0 Å². The highest BCUT2D eigenvalue weighted by Crippen LogP contribution is 2.63. The molecule has 0 amide bonds. The van der Waals surface area contributed by atoms with Gasteiger partial charge in [0.1, 0.15) is 0 Å². The molecule has 17 heavy (non-hydrogen) atoms. The molecule has 1 saturated heterocycles. The van der Waals surface area contributed by atoms with Crippen molar-refractivity contribution in [3.63, 3.8) is 0 Å². The number of rotatable bonds is 0. The fourth-order valence-electron chi connectivity index (χ4n) is 5.46. The summed E-state index contributed by atoms with van der Waals surface area (Å²) in [6, 6.07) is 0. The minimum absolute atomic E-state index is 0.306. The third-order valence-corrected chi connectivity index (χ3v) is 6.16. The lowest BCUT2D eigenvalue weighted by Gasteiger charge is -2.58. The molecule has 0 unspecified atom stereocenters. The maximum absolute atomic E-state index is 10.2. The largest absolute Gasteiger partial charge is 0.368 e. The van der Waals surface area contributed by atoms with Crippen molar-refractivity contribution in [1.29, 1.82) is 0 Å². The Morgan fingerprint density at radius 1 is 1.12 bits per heavy atom. The van der Waals surface area contributed by atoms with Gasteiger partial charge >= 0.3 is 0 Å². The van der Waals surface area contributed by atoms with Gasteiger partial charge in [0.05, 0.1) is 6.61 Å². The third-order valence-electron chi connectivity index (χ3n) is 6.16. The second-order valence-electron chi connectivity index (χ2n) is 7.49. The van der Waals surface area contributed by atoms with Crippen LogP contribution in [0.1, 0.15) is 52.9 Å². The lowest BCUT2D eigenvalue weighted by atomic mass is 9.47. The summed E-state index contributed by atoms with van der Waals surface area (Å²) in [5, 5.41) is 10.2. The molecule has 98 valence electrons. The smallest absolute Gasteiger partial charge is 0.158 e. The molecule has 3 rings (SSSR count). The predicted molar refractivity (Wildman–Crippen MR) is 67.4 cm³/mol. The molecular weight excluding hydrogens is 212 g/mol. The summed E-state index contributed by atoms with van der Waals surface area (Å²) >= 11 is 0. The Bertz CT molecular complexity index is 308. The van der Waals surface area contributed by atoms with E-state index in [4.69, 9.17) is 4.74 Å². The van der Waals surface area contributed by atoms with Crippen LogP contribution in [0.4, 0.5) is 0 Å². The monoisotopic (exact) mass is 238 g/mol.